The van der Waals surface area contributed by atoms with E-state index in [4.69, 9.17) is 9.47 Å². The van der Waals surface area contributed by atoms with Crippen molar-refractivity contribution < 1.29 is 9.47 Å². The van der Waals surface area contributed by atoms with Gasteiger partial charge in [0.05, 0.1) is 13.2 Å². The number of aryl methyl sites for hydroxylation is 1. The van der Waals surface area contributed by atoms with Gasteiger partial charge in [-0.3, -0.25) is 0 Å². The summed E-state index contributed by atoms with van der Waals surface area (Å²) >= 11 is 0. The summed E-state index contributed by atoms with van der Waals surface area (Å²) in [5.74, 6) is 2.16. The molecule has 110 valence electrons. The number of ether oxygens (including phenoxy) is 2. The summed E-state index contributed by atoms with van der Waals surface area (Å²) in [4.78, 5) is 8.70. The second kappa shape index (κ2) is 5.99. The molecule has 2 heterocycles. The van der Waals surface area contributed by atoms with Gasteiger partial charge in [0.15, 0.2) is 0 Å². The van der Waals surface area contributed by atoms with Gasteiger partial charge in [0, 0.05) is 18.2 Å². The van der Waals surface area contributed by atoms with Crippen molar-refractivity contribution in [1.29, 1.82) is 0 Å². The number of aromatic nitrogens is 2. The molecule has 0 radical (unpaired) electrons. The van der Waals surface area contributed by atoms with E-state index < -0.39 is 0 Å². The first-order chi connectivity index (χ1) is 10.2. The number of benzene rings is 1. The van der Waals surface area contributed by atoms with Gasteiger partial charge in [0.1, 0.15) is 11.9 Å². The maximum absolute atomic E-state index is 5.89. The fourth-order valence-corrected chi connectivity index (χ4v) is 2.41. The molecule has 3 rings (SSSR count). The Morgan fingerprint density at radius 2 is 2.19 bits per heavy atom. The average Bonchev–Trinajstić information content (AvgIpc) is 2.88. The third kappa shape index (κ3) is 3.24. The van der Waals surface area contributed by atoms with E-state index in [1.807, 2.05) is 38.1 Å². The molecule has 0 saturated carbocycles. The van der Waals surface area contributed by atoms with E-state index in [-0.39, 0.29) is 6.10 Å². The highest BCUT2D eigenvalue weighted by Crippen LogP contribution is 2.28. The predicted octanol–water partition coefficient (Wildman–Crippen LogP) is 2.60. The molecule has 21 heavy (non-hydrogen) atoms. The van der Waals surface area contributed by atoms with Gasteiger partial charge in [-0.15, -0.1) is 0 Å². The first-order valence-corrected chi connectivity index (χ1v) is 7.21. The fraction of sp³-hybridized carbons (Fsp3) is 0.375. The molecule has 0 amide bonds. The van der Waals surface area contributed by atoms with Gasteiger partial charge in [-0.2, -0.15) is 4.98 Å². The Morgan fingerprint density at radius 1 is 1.33 bits per heavy atom. The minimum absolute atomic E-state index is 0.113. The second-order valence-corrected chi connectivity index (χ2v) is 5.04. The van der Waals surface area contributed by atoms with Gasteiger partial charge in [0.25, 0.3) is 0 Å². The minimum Gasteiger partial charge on any atom is -0.488 e. The van der Waals surface area contributed by atoms with Gasteiger partial charge in [-0.25, -0.2) is 4.98 Å². The van der Waals surface area contributed by atoms with E-state index >= 15 is 0 Å². The lowest BCUT2D eigenvalue weighted by Crippen LogP contribution is -2.24. The lowest BCUT2D eigenvalue weighted by atomic mass is 10.1. The Bertz CT molecular complexity index is 606. The lowest BCUT2D eigenvalue weighted by Gasteiger charge is -2.13. The minimum atomic E-state index is 0.113. The summed E-state index contributed by atoms with van der Waals surface area (Å²) in [6.45, 7) is 5.13. The standard InChI is InChI=1S/C16H19N3O2/c1-3-20-15-8-11(2)18-16(19-15)17-10-13-9-12-6-4-5-7-14(12)21-13/h4-8,13H,3,9-10H2,1-2H3,(H,17,18,19). The van der Waals surface area contributed by atoms with Gasteiger partial charge in [0.2, 0.25) is 11.8 Å². The van der Waals surface area contributed by atoms with Crippen LogP contribution >= 0.6 is 0 Å². The summed E-state index contributed by atoms with van der Waals surface area (Å²) in [5, 5.41) is 3.23. The summed E-state index contributed by atoms with van der Waals surface area (Å²) in [7, 11) is 0. The molecule has 1 aliphatic heterocycles. The first kappa shape index (κ1) is 13.7. The lowest BCUT2D eigenvalue weighted by molar-refractivity contribution is 0.246. The van der Waals surface area contributed by atoms with Crippen LogP contribution in [0.15, 0.2) is 30.3 Å². The van der Waals surface area contributed by atoms with Gasteiger partial charge < -0.3 is 14.8 Å². The Balaban J connectivity index is 1.61. The molecule has 0 saturated heterocycles. The normalized spacial score (nSPS) is 16.2. The molecule has 0 aliphatic carbocycles. The second-order valence-electron chi connectivity index (χ2n) is 5.04. The number of nitrogens with zero attached hydrogens (tertiary/aromatic N) is 2. The van der Waals surface area contributed by atoms with Crippen LogP contribution < -0.4 is 14.8 Å². The van der Waals surface area contributed by atoms with Crippen molar-refractivity contribution in [2.45, 2.75) is 26.4 Å². The molecule has 2 aromatic rings. The van der Waals surface area contributed by atoms with E-state index in [1.54, 1.807) is 0 Å². The molecule has 5 heteroatoms. The van der Waals surface area contributed by atoms with Crippen LogP contribution in [0.4, 0.5) is 5.95 Å². The molecule has 0 bridgehead atoms. The molecule has 0 spiro atoms. The number of hydrogen-bond donors (Lipinski definition) is 1. The zero-order chi connectivity index (χ0) is 14.7. The van der Waals surface area contributed by atoms with Crippen LogP contribution in [-0.4, -0.2) is 29.2 Å². The topological polar surface area (TPSA) is 56.3 Å². The number of nitrogens with one attached hydrogen (secondary N) is 1. The van der Waals surface area contributed by atoms with E-state index in [2.05, 4.69) is 21.4 Å². The van der Waals surface area contributed by atoms with E-state index in [0.29, 0.717) is 25.0 Å². The zero-order valence-corrected chi connectivity index (χ0v) is 12.3. The molecular weight excluding hydrogens is 266 g/mol. The van der Waals surface area contributed by atoms with Crippen LogP contribution in [0.1, 0.15) is 18.2 Å². The number of anilines is 1. The van der Waals surface area contributed by atoms with Crippen LogP contribution in [0.25, 0.3) is 0 Å². The number of fused-ring (bicyclic) bond motifs is 1. The molecule has 1 N–H and O–H groups in total. The molecule has 0 fully saturated rings. The predicted molar refractivity (Wildman–Crippen MR) is 81.0 cm³/mol. The maximum Gasteiger partial charge on any atom is 0.226 e. The Labute approximate surface area is 124 Å². The average molecular weight is 285 g/mol. The molecule has 1 aromatic heterocycles. The van der Waals surface area contributed by atoms with E-state index in [9.17, 15) is 0 Å². The molecule has 5 nitrogen and oxygen atoms in total. The van der Waals surface area contributed by atoms with Crippen molar-refractivity contribution in [3.63, 3.8) is 0 Å². The first-order valence-electron chi connectivity index (χ1n) is 7.21. The van der Waals surface area contributed by atoms with Crippen LogP contribution in [0.2, 0.25) is 0 Å². The van der Waals surface area contributed by atoms with Crippen molar-refractivity contribution in [1.82, 2.24) is 9.97 Å². The third-order valence-electron chi connectivity index (χ3n) is 3.32. The summed E-state index contributed by atoms with van der Waals surface area (Å²) in [6, 6.07) is 9.97. The van der Waals surface area contributed by atoms with Crippen LogP contribution in [-0.2, 0) is 6.42 Å². The Morgan fingerprint density at radius 3 is 3.00 bits per heavy atom. The molecule has 1 unspecified atom stereocenters. The maximum atomic E-state index is 5.89. The van der Waals surface area contributed by atoms with Crippen molar-refractivity contribution in [3.05, 3.63) is 41.6 Å². The van der Waals surface area contributed by atoms with Crippen molar-refractivity contribution in [2.24, 2.45) is 0 Å². The zero-order valence-electron chi connectivity index (χ0n) is 12.3. The highest BCUT2D eigenvalue weighted by atomic mass is 16.5. The Hall–Kier alpha value is -2.30. The fourth-order valence-electron chi connectivity index (χ4n) is 2.41. The van der Waals surface area contributed by atoms with E-state index in [1.165, 1.54) is 5.56 Å². The molecular formula is C16H19N3O2. The molecule has 1 atom stereocenters. The molecule has 1 aromatic carbocycles. The van der Waals surface area contributed by atoms with Crippen LogP contribution in [0, 0.1) is 6.92 Å². The summed E-state index contributed by atoms with van der Waals surface area (Å²) in [6.07, 6.45) is 1.02. The quantitative estimate of drug-likeness (QED) is 0.915. The Kier molecular flexibility index (Phi) is 3.90. The van der Waals surface area contributed by atoms with Crippen molar-refractivity contribution in [3.8, 4) is 11.6 Å². The monoisotopic (exact) mass is 285 g/mol. The number of hydrogen-bond acceptors (Lipinski definition) is 5. The smallest absolute Gasteiger partial charge is 0.226 e. The van der Waals surface area contributed by atoms with Gasteiger partial charge >= 0.3 is 0 Å². The highest BCUT2D eigenvalue weighted by Gasteiger charge is 2.22. The highest BCUT2D eigenvalue weighted by molar-refractivity contribution is 5.38. The summed E-state index contributed by atoms with van der Waals surface area (Å²) < 4.78 is 11.3. The summed E-state index contributed by atoms with van der Waals surface area (Å²) in [5.41, 5.74) is 2.14. The van der Waals surface area contributed by atoms with Crippen LogP contribution in [0.5, 0.6) is 11.6 Å². The SMILES string of the molecule is CCOc1cc(C)nc(NCC2Cc3ccccc3O2)n1. The van der Waals surface area contributed by atoms with Crippen molar-refractivity contribution >= 4 is 5.95 Å². The van der Waals surface area contributed by atoms with E-state index in [0.717, 1.165) is 17.9 Å². The number of rotatable bonds is 5. The number of para-hydroxylation sites is 1. The largest absolute Gasteiger partial charge is 0.488 e. The van der Waals surface area contributed by atoms with Crippen LogP contribution in [0.3, 0.4) is 0 Å². The third-order valence-corrected chi connectivity index (χ3v) is 3.32. The molecule has 1 aliphatic rings. The van der Waals surface area contributed by atoms with Gasteiger partial charge in [-0.1, -0.05) is 18.2 Å². The van der Waals surface area contributed by atoms with Gasteiger partial charge in [-0.05, 0) is 25.5 Å². The van der Waals surface area contributed by atoms with Crippen molar-refractivity contribution in [2.75, 3.05) is 18.5 Å².